The third-order valence-corrected chi connectivity index (χ3v) is 4.95. The van der Waals surface area contributed by atoms with Gasteiger partial charge >= 0.3 is 0 Å². The molecule has 0 aromatic carbocycles. The molecule has 2 aliphatic heterocycles. The summed E-state index contributed by atoms with van der Waals surface area (Å²) < 4.78 is 0. The molecule has 3 nitrogen and oxygen atoms in total. The number of nitrogens with one attached hydrogen (secondary N) is 1. The summed E-state index contributed by atoms with van der Waals surface area (Å²) in [5, 5.41) is 3.45. The molecule has 0 aliphatic carbocycles. The molecule has 104 valence electrons. The Morgan fingerprint density at radius 2 is 2.00 bits per heavy atom. The van der Waals surface area contributed by atoms with Crippen LogP contribution in [0.5, 0.6) is 0 Å². The van der Waals surface area contributed by atoms with Gasteiger partial charge in [-0.05, 0) is 57.9 Å². The molecule has 2 saturated heterocycles. The molecule has 0 bridgehead atoms. The van der Waals surface area contributed by atoms with Crippen molar-refractivity contribution in [1.82, 2.24) is 10.2 Å². The highest BCUT2D eigenvalue weighted by atomic mass is 16.2. The maximum absolute atomic E-state index is 12.8. The van der Waals surface area contributed by atoms with Crippen molar-refractivity contribution in [3.8, 4) is 0 Å². The number of hydrogen-bond acceptors (Lipinski definition) is 2. The average molecular weight is 252 g/mol. The van der Waals surface area contributed by atoms with Crippen molar-refractivity contribution in [3.63, 3.8) is 0 Å². The number of carbonyl (C=O) groups is 1. The summed E-state index contributed by atoms with van der Waals surface area (Å²) in [4.78, 5) is 15.0. The topological polar surface area (TPSA) is 32.3 Å². The zero-order chi connectivity index (χ0) is 13.3. The molecule has 1 N–H and O–H groups in total. The van der Waals surface area contributed by atoms with Crippen LogP contribution in [0.15, 0.2) is 0 Å². The van der Waals surface area contributed by atoms with E-state index < -0.39 is 0 Å². The van der Waals surface area contributed by atoms with Gasteiger partial charge in [0, 0.05) is 12.6 Å². The summed E-state index contributed by atoms with van der Waals surface area (Å²) >= 11 is 0. The maximum atomic E-state index is 12.8. The van der Waals surface area contributed by atoms with Crippen molar-refractivity contribution < 1.29 is 4.79 Å². The van der Waals surface area contributed by atoms with Gasteiger partial charge in [0.2, 0.25) is 5.91 Å². The van der Waals surface area contributed by atoms with Crippen LogP contribution >= 0.6 is 0 Å². The molecule has 0 aromatic heterocycles. The van der Waals surface area contributed by atoms with Gasteiger partial charge in [-0.1, -0.05) is 13.8 Å². The van der Waals surface area contributed by atoms with Crippen LogP contribution in [0, 0.1) is 11.8 Å². The van der Waals surface area contributed by atoms with Crippen LogP contribution in [0.2, 0.25) is 0 Å². The van der Waals surface area contributed by atoms with E-state index in [1.165, 1.54) is 19.3 Å². The van der Waals surface area contributed by atoms with Crippen molar-refractivity contribution in [2.75, 3.05) is 13.1 Å². The third-order valence-electron chi connectivity index (χ3n) is 4.95. The Kier molecular flexibility index (Phi) is 4.00. The summed E-state index contributed by atoms with van der Waals surface area (Å²) in [5.41, 5.74) is -0.316. The molecule has 1 amide bonds. The fourth-order valence-electron chi connectivity index (χ4n) is 3.54. The van der Waals surface area contributed by atoms with E-state index in [9.17, 15) is 4.79 Å². The molecule has 4 atom stereocenters. The molecular weight excluding hydrogens is 224 g/mol. The van der Waals surface area contributed by atoms with Gasteiger partial charge in [-0.15, -0.1) is 0 Å². The van der Waals surface area contributed by atoms with E-state index in [2.05, 4.69) is 37.9 Å². The molecule has 2 fully saturated rings. The first-order valence-corrected chi connectivity index (χ1v) is 7.50. The van der Waals surface area contributed by atoms with Gasteiger partial charge in [-0.2, -0.15) is 0 Å². The summed E-state index contributed by atoms with van der Waals surface area (Å²) in [5.74, 6) is 1.57. The summed E-state index contributed by atoms with van der Waals surface area (Å²) in [6.45, 7) is 10.7. The molecule has 3 heteroatoms. The van der Waals surface area contributed by atoms with Crippen LogP contribution in [0.3, 0.4) is 0 Å². The van der Waals surface area contributed by atoms with Crippen molar-refractivity contribution in [1.29, 1.82) is 0 Å². The Morgan fingerprint density at radius 1 is 1.28 bits per heavy atom. The highest BCUT2D eigenvalue weighted by Crippen LogP contribution is 2.30. The molecule has 2 rings (SSSR count). The monoisotopic (exact) mass is 252 g/mol. The summed E-state index contributed by atoms with van der Waals surface area (Å²) in [7, 11) is 0. The van der Waals surface area contributed by atoms with Gasteiger partial charge in [0.05, 0.1) is 5.54 Å². The quantitative estimate of drug-likeness (QED) is 0.777. The van der Waals surface area contributed by atoms with E-state index in [1.807, 2.05) is 0 Å². The lowest BCUT2D eigenvalue weighted by Gasteiger charge is -2.46. The molecule has 18 heavy (non-hydrogen) atoms. The molecule has 4 unspecified atom stereocenters. The lowest BCUT2D eigenvalue weighted by molar-refractivity contribution is -0.144. The van der Waals surface area contributed by atoms with Crippen molar-refractivity contribution in [2.45, 2.75) is 65.0 Å². The summed E-state index contributed by atoms with van der Waals surface area (Å²) in [6.07, 6.45) is 4.60. The van der Waals surface area contributed by atoms with Gasteiger partial charge < -0.3 is 10.2 Å². The van der Waals surface area contributed by atoms with E-state index in [4.69, 9.17) is 0 Å². The van der Waals surface area contributed by atoms with Crippen LogP contribution < -0.4 is 5.32 Å². The molecule has 0 radical (unpaired) electrons. The van der Waals surface area contributed by atoms with E-state index in [1.54, 1.807) is 0 Å². The molecule has 0 aromatic rings. The fraction of sp³-hybridized carbons (Fsp3) is 0.933. The van der Waals surface area contributed by atoms with Gasteiger partial charge in [-0.3, -0.25) is 4.79 Å². The van der Waals surface area contributed by atoms with Crippen molar-refractivity contribution in [3.05, 3.63) is 0 Å². The van der Waals surface area contributed by atoms with Crippen LogP contribution in [-0.4, -0.2) is 35.5 Å². The largest absolute Gasteiger partial charge is 0.338 e. The highest BCUT2D eigenvalue weighted by molar-refractivity contribution is 5.86. The normalized spacial score (nSPS) is 41.8. The molecule has 0 spiro atoms. The number of rotatable bonds is 1. The van der Waals surface area contributed by atoms with Crippen LogP contribution in [0.4, 0.5) is 0 Å². The maximum Gasteiger partial charge on any atom is 0.242 e. The van der Waals surface area contributed by atoms with E-state index in [0.717, 1.165) is 19.5 Å². The van der Waals surface area contributed by atoms with Crippen molar-refractivity contribution >= 4 is 5.91 Å². The Hall–Kier alpha value is -0.570. The minimum Gasteiger partial charge on any atom is -0.338 e. The summed E-state index contributed by atoms with van der Waals surface area (Å²) in [6, 6.07) is 0.384. The standard InChI is InChI=1S/C15H28N2O/c1-11-9-12(2)13(3)17(10-11)14(18)15(4)7-5-6-8-16-15/h11-13,16H,5-10H2,1-4H3. The third kappa shape index (κ3) is 2.56. The fourth-order valence-corrected chi connectivity index (χ4v) is 3.54. The number of likely N-dealkylation sites (tertiary alicyclic amines) is 1. The van der Waals surface area contributed by atoms with Crippen LogP contribution in [-0.2, 0) is 4.79 Å². The number of nitrogens with zero attached hydrogens (tertiary/aromatic N) is 1. The van der Waals surface area contributed by atoms with Gasteiger partial charge in [0.25, 0.3) is 0 Å². The first kappa shape index (κ1) is 13.9. The SMILES string of the molecule is CC1CC(C)C(C)N(C(=O)C2(C)CCCCN2)C1. The predicted molar refractivity (Wildman–Crippen MR) is 74.4 cm³/mol. The first-order valence-electron chi connectivity index (χ1n) is 7.50. The van der Waals surface area contributed by atoms with Gasteiger partial charge in [-0.25, -0.2) is 0 Å². The lowest BCUT2D eigenvalue weighted by atomic mass is 9.83. The number of piperidine rings is 2. The molecule has 2 aliphatic rings. The van der Waals surface area contributed by atoms with Gasteiger partial charge in [0.1, 0.15) is 0 Å². The number of amides is 1. The Morgan fingerprint density at radius 3 is 2.61 bits per heavy atom. The molecule has 2 heterocycles. The molecular formula is C15H28N2O. The molecule has 0 saturated carbocycles. The van der Waals surface area contributed by atoms with Gasteiger partial charge in [0.15, 0.2) is 0 Å². The number of hydrogen-bond donors (Lipinski definition) is 1. The number of carbonyl (C=O) groups excluding carboxylic acids is 1. The highest BCUT2D eigenvalue weighted by Gasteiger charge is 2.41. The lowest BCUT2D eigenvalue weighted by Crippen LogP contribution is -2.62. The second kappa shape index (κ2) is 5.20. The zero-order valence-electron chi connectivity index (χ0n) is 12.3. The second-order valence-corrected chi connectivity index (χ2v) is 6.73. The predicted octanol–water partition coefficient (Wildman–Crippen LogP) is 2.41. The second-order valence-electron chi connectivity index (χ2n) is 6.73. The van der Waals surface area contributed by atoms with Crippen LogP contribution in [0.25, 0.3) is 0 Å². The Balaban J connectivity index is 2.11. The average Bonchev–Trinajstić information content (AvgIpc) is 2.34. The van der Waals surface area contributed by atoms with E-state index in [-0.39, 0.29) is 5.54 Å². The Labute approximate surface area is 111 Å². The minimum absolute atomic E-state index is 0.316. The van der Waals surface area contributed by atoms with E-state index >= 15 is 0 Å². The first-order chi connectivity index (χ1) is 8.44. The minimum atomic E-state index is -0.316. The smallest absolute Gasteiger partial charge is 0.242 e. The van der Waals surface area contributed by atoms with E-state index in [0.29, 0.717) is 23.8 Å². The van der Waals surface area contributed by atoms with Crippen LogP contribution in [0.1, 0.15) is 53.4 Å². The Bertz CT molecular complexity index is 310. The van der Waals surface area contributed by atoms with Crippen molar-refractivity contribution in [2.24, 2.45) is 11.8 Å². The zero-order valence-corrected chi connectivity index (χ0v) is 12.3.